The Morgan fingerprint density at radius 1 is 1.20 bits per heavy atom. The van der Waals surface area contributed by atoms with E-state index in [4.69, 9.17) is 15.9 Å². The molecule has 3 nitrogen and oxygen atoms in total. The van der Waals surface area contributed by atoms with E-state index in [0.717, 1.165) is 0 Å². The van der Waals surface area contributed by atoms with Gasteiger partial charge >= 0.3 is 0 Å². The van der Waals surface area contributed by atoms with Crippen LogP contribution in [0, 0.1) is 6.92 Å². The van der Waals surface area contributed by atoms with Gasteiger partial charge in [0, 0.05) is 23.4 Å². The summed E-state index contributed by atoms with van der Waals surface area (Å²) >= 11 is 0. The van der Waals surface area contributed by atoms with Gasteiger partial charge in [-0.1, -0.05) is 0 Å². The highest BCUT2D eigenvalue weighted by Crippen LogP contribution is 2.28. The van der Waals surface area contributed by atoms with Crippen LogP contribution in [0.5, 0.6) is 11.5 Å². The van der Waals surface area contributed by atoms with Gasteiger partial charge in [-0.3, -0.25) is 0 Å². The van der Waals surface area contributed by atoms with Crippen LogP contribution in [0.4, 0.5) is 5.69 Å². The number of nitrogens with two attached hydrogens (primary N) is 1. The normalized spacial score (nSPS) is 9.70. The zero-order valence-electron chi connectivity index (χ0n) is 5.63. The molecule has 1 aromatic carbocycles. The van der Waals surface area contributed by atoms with Gasteiger partial charge in [0.15, 0.2) is 0 Å². The first-order chi connectivity index (χ1) is 4.61. The highest BCUT2D eigenvalue weighted by Gasteiger charge is 2.01. The Labute approximate surface area is 58.7 Å². The minimum atomic E-state index is 0.0255. The Hall–Kier alpha value is -1.38. The van der Waals surface area contributed by atoms with Crippen LogP contribution in [0.2, 0.25) is 0 Å². The molecular formula is C7H9NO2. The summed E-state index contributed by atoms with van der Waals surface area (Å²) in [6, 6.07) is 2.80. The summed E-state index contributed by atoms with van der Waals surface area (Å²) in [6.45, 7) is 1.62. The van der Waals surface area contributed by atoms with Crippen LogP contribution >= 0.6 is 0 Å². The molecule has 1 aromatic rings. The second-order valence-electron chi connectivity index (χ2n) is 2.18. The van der Waals surface area contributed by atoms with Gasteiger partial charge in [0.25, 0.3) is 0 Å². The number of benzene rings is 1. The van der Waals surface area contributed by atoms with Crippen molar-refractivity contribution in [1.29, 1.82) is 0 Å². The molecule has 10 heavy (non-hydrogen) atoms. The average Bonchev–Trinajstić information content (AvgIpc) is 1.82. The number of nitrogen functional groups attached to an aromatic ring is 1. The van der Waals surface area contributed by atoms with Gasteiger partial charge in [-0.05, 0) is 6.92 Å². The monoisotopic (exact) mass is 139 g/mol. The number of phenolic OH excluding ortho intramolecular Hbond substituents is 2. The second kappa shape index (κ2) is 2.10. The van der Waals surface area contributed by atoms with E-state index < -0.39 is 0 Å². The average molecular weight is 139 g/mol. The first-order valence-corrected chi connectivity index (χ1v) is 2.89. The molecule has 0 spiro atoms. The first kappa shape index (κ1) is 6.74. The van der Waals surface area contributed by atoms with Crippen LogP contribution in [0.15, 0.2) is 12.1 Å². The van der Waals surface area contributed by atoms with Crippen LogP contribution in [-0.4, -0.2) is 10.2 Å². The molecule has 54 valence electrons. The van der Waals surface area contributed by atoms with Crippen LogP contribution in [-0.2, 0) is 0 Å². The van der Waals surface area contributed by atoms with Crippen molar-refractivity contribution in [1.82, 2.24) is 0 Å². The predicted octanol–water partition coefficient (Wildman–Crippen LogP) is 0.988. The number of hydrogen-bond acceptors (Lipinski definition) is 3. The number of rotatable bonds is 0. The van der Waals surface area contributed by atoms with Gasteiger partial charge in [0.05, 0.1) is 0 Å². The van der Waals surface area contributed by atoms with Crippen molar-refractivity contribution in [2.45, 2.75) is 6.92 Å². The molecule has 0 heterocycles. The van der Waals surface area contributed by atoms with Gasteiger partial charge in [0.2, 0.25) is 0 Å². The molecule has 3 heteroatoms. The minimum Gasteiger partial charge on any atom is -0.507 e. The first-order valence-electron chi connectivity index (χ1n) is 2.89. The third-order valence-corrected chi connectivity index (χ3v) is 1.38. The lowest BCUT2D eigenvalue weighted by atomic mass is 10.2. The van der Waals surface area contributed by atoms with Crippen molar-refractivity contribution < 1.29 is 10.2 Å². The molecule has 0 radical (unpaired) electrons. The summed E-state index contributed by atoms with van der Waals surface area (Å²) < 4.78 is 0. The molecule has 0 saturated heterocycles. The molecule has 0 unspecified atom stereocenters. The minimum absolute atomic E-state index is 0.0255. The fraction of sp³-hybridized carbons (Fsp3) is 0.143. The topological polar surface area (TPSA) is 66.5 Å². The third kappa shape index (κ3) is 0.978. The van der Waals surface area contributed by atoms with E-state index in [1.54, 1.807) is 6.92 Å². The Morgan fingerprint density at radius 3 is 2.00 bits per heavy atom. The quantitative estimate of drug-likeness (QED) is 0.469. The predicted molar refractivity (Wildman–Crippen MR) is 38.9 cm³/mol. The molecule has 0 saturated carbocycles. The van der Waals surface area contributed by atoms with Crippen molar-refractivity contribution in [3.8, 4) is 11.5 Å². The van der Waals surface area contributed by atoms with E-state index >= 15 is 0 Å². The molecule has 0 aliphatic rings. The summed E-state index contributed by atoms with van der Waals surface area (Å²) in [5.41, 5.74) is 6.12. The van der Waals surface area contributed by atoms with Gasteiger partial charge in [-0.2, -0.15) is 0 Å². The molecule has 0 aromatic heterocycles. The molecule has 0 amide bonds. The van der Waals surface area contributed by atoms with Crippen LogP contribution in [0.25, 0.3) is 0 Å². The molecular weight excluding hydrogens is 130 g/mol. The largest absolute Gasteiger partial charge is 0.507 e. The van der Waals surface area contributed by atoms with Gasteiger partial charge in [-0.25, -0.2) is 0 Å². The molecule has 0 bridgehead atoms. The third-order valence-electron chi connectivity index (χ3n) is 1.38. The summed E-state index contributed by atoms with van der Waals surface area (Å²) in [6.07, 6.45) is 0. The number of phenols is 2. The Morgan fingerprint density at radius 2 is 1.60 bits per heavy atom. The highest BCUT2D eigenvalue weighted by atomic mass is 16.3. The van der Waals surface area contributed by atoms with Gasteiger partial charge in [0.1, 0.15) is 11.5 Å². The summed E-state index contributed by atoms with van der Waals surface area (Å²) in [4.78, 5) is 0. The Balaban J connectivity index is 3.31. The number of aromatic hydroxyl groups is 2. The van der Waals surface area contributed by atoms with E-state index in [9.17, 15) is 0 Å². The van der Waals surface area contributed by atoms with E-state index in [-0.39, 0.29) is 11.5 Å². The lowest BCUT2D eigenvalue weighted by Gasteiger charge is -2.01. The van der Waals surface area contributed by atoms with Gasteiger partial charge < -0.3 is 15.9 Å². The fourth-order valence-electron chi connectivity index (χ4n) is 0.705. The summed E-state index contributed by atoms with van der Waals surface area (Å²) in [5.74, 6) is 0.0509. The second-order valence-corrected chi connectivity index (χ2v) is 2.18. The number of hydrogen-bond donors (Lipinski definition) is 3. The van der Waals surface area contributed by atoms with Gasteiger partial charge in [-0.15, -0.1) is 0 Å². The molecule has 0 aliphatic heterocycles. The van der Waals surface area contributed by atoms with Crippen molar-refractivity contribution in [3.63, 3.8) is 0 Å². The van der Waals surface area contributed by atoms with E-state index in [1.807, 2.05) is 0 Å². The zero-order chi connectivity index (χ0) is 7.72. The zero-order valence-corrected chi connectivity index (χ0v) is 5.63. The Bertz CT molecular complexity index is 235. The summed E-state index contributed by atoms with van der Waals surface area (Å²) in [7, 11) is 0. The van der Waals surface area contributed by atoms with Crippen LogP contribution in [0.1, 0.15) is 5.56 Å². The standard InChI is InChI=1S/C7H9NO2/c1-4-6(9)2-5(8)3-7(4)10/h2-3,9-10H,8H2,1H3. The van der Waals surface area contributed by atoms with Crippen molar-refractivity contribution >= 4 is 5.69 Å². The van der Waals surface area contributed by atoms with E-state index in [1.165, 1.54) is 12.1 Å². The molecule has 4 N–H and O–H groups in total. The fourth-order valence-corrected chi connectivity index (χ4v) is 0.705. The lowest BCUT2D eigenvalue weighted by Crippen LogP contribution is -1.85. The van der Waals surface area contributed by atoms with Crippen molar-refractivity contribution in [2.75, 3.05) is 5.73 Å². The maximum Gasteiger partial charge on any atom is 0.124 e. The maximum absolute atomic E-state index is 9.04. The summed E-state index contributed by atoms with van der Waals surface area (Å²) in [5, 5.41) is 18.1. The van der Waals surface area contributed by atoms with E-state index in [2.05, 4.69) is 0 Å². The smallest absolute Gasteiger partial charge is 0.124 e. The molecule has 0 fully saturated rings. The lowest BCUT2D eigenvalue weighted by molar-refractivity contribution is 0.444. The number of anilines is 1. The van der Waals surface area contributed by atoms with Crippen LogP contribution < -0.4 is 5.73 Å². The maximum atomic E-state index is 9.04. The van der Waals surface area contributed by atoms with Crippen molar-refractivity contribution in [2.24, 2.45) is 0 Å². The molecule has 0 atom stereocenters. The molecule has 1 rings (SSSR count). The Kier molecular flexibility index (Phi) is 1.41. The highest BCUT2D eigenvalue weighted by molar-refractivity contribution is 5.54. The SMILES string of the molecule is Cc1c(O)cc(N)cc1O. The van der Waals surface area contributed by atoms with E-state index in [0.29, 0.717) is 11.3 Å². The van der Waals surface area contributed by atoms with Crippen molar-refractivity contribution in [3.05, 3.63) is 17.7 Å². The molecule has 0 aliphatic carbocycles. The van der Waals surface area contributed by atoms with Crippen LogP contribution in [0.3, 0.4) is 0 Å².